The summed E-state index contributed by atoms with van der Waals surface area (Å²) in [4.78, 5) is 10.6. The number of hydrogen-bond acceptors (Lipinski definition) is 5. The van der Waals surface area contributed by atoms with Gasteiger partial charge < -0.3 is 19.2 Å². The Morgan fingerprint density at radius 3 is 1.19 bits per heavy atom. The SMILES string of the molecule is Cc1cc(C)cc(N2B3c4ccccc4-c4cc(C)ccc4N3c3sc4c(c32)N(c2cc(C)cc(C)c2)B2c3ccccc3-c3cc(C)ccc3N24)c1. The molecule has 0 saturated carbocycles. The molecule has 6 aromatic carbocycles. The van der Waals surface area contributed by atoms with Crippen molar-refractivity contribution in [2.75, 3.05) is 19.2 Å². The second-order valence-corrected chi connectivity index (χ2v) is 16.5. The molecule has 0 spiro atoms. The smallest absolute Gasteiger partial charge is 0.357 e. The van der Waals surface area contributed by atoms with E-state index in [1.165, 1.54) is 111 Å². The van der Waals surface area contributed by atoms with Gasteiger partial charge in [0.15, 0.2) is 0 Å². The molecule has 0 N–H and O–H groups in total. The monoisotopic (exact) mass is 700 g/mol. The molecule has 4 aliphatic heterocycles. The van der Waals surface area contributed by atoms with Crippen molar-refractivity contribution >= 4 is 80.4 Å². The topological polar surface area (TPSA) is 13.0 Å². The summed E-state index contributed by atoms with van der Waals surface area (Å²) in [6, 6.07) is 46.3. The molecule has 0 fully saturated rings. The molecule has 0 radical (unpaired) electrons. The zero-order chi connectivity index (χ0) is 35.9. The number of rotatable bonds is 2. The molecule has 53 heavy (non-hydrogen) atoms. The van der Waals surface area contributed by atoms with E-state index in [1.807, 2.05) is 11.3 Å². The van der Waals surface area contributed by atoms with Gasteiger partial charge in [-0.3, -0.25) is 0 Å². The van der Waals surface area contributed by atoms with Crippen LogP contribution in [-0.2, 0) is 0 Å². The minimum Gasteiger partial charge on any atom is -0.357 e. The van der Waals surface area contributed by atoms with Gasteiger partial charge in [0.1, 0.15) is 10.0 Å². The molecule has 7 aromatic rings. The van der Waals surface area contributed by atoms with E-state index in [9.17, 15) is 0 Å². The molecule has 11 rings (SSSR count). The summed E-state index contributed by atoms with van der Waals surface area (Å²) in [6.45, 7) is 13.3. The number of thiophene rings is 1. The molecule has 1 aromatic heterocycles. The van der Waals surface area contributed by atoms with Gasteiger partial charge in [0.2, 0.25) is 0 Å². The molecule has 0 saturated heterocycles. The highest BCUT2D eigenvalue weighted by Gasteiger charge is 2.57. The van der Waals surface area contributed by atoms with E-state index in [4.69, 9.17) is 0 Å². The van der Waals surface area contributed by atoms with Crippen molar-refractivity contribution < 1.29 is 0 Å². The third kappa shape index (κ3) is 4.26. The fourth-order valence-electron chi connectivity index (χ4n) is 9.69. The molecule has 254 valence electrons. The molecule has 0 amide bonds. The number of aryl methyl sites for hydroxylation is 6. The van der Waals surface area contributed by atoms with Gasteiger partial charge in [-0.1, -0.05) is 95.3 Å². The lowest BCUT2D eigenvalue weighted by Gasteiger charge is -2.37. The summed E-state index contributed by atoms with van der Waals surface area (Å²) in [5.41, 5.74) is 23.1. The van der Waals surface area contributed by atoms with Crippen LogP contribution in [0.3, 0.4) is 0 Å². The first-order valence-electron chi connectivity index (χ1n) is 18.7. The zero-order valence-corrected chi connectivity index (χ0v) is 31.7. The van der Waals surface area contributed by atoms with Gasteiger partial charge in [0.25, 0.3) is 0 Å². The van der Waals surface area contributed by atoms with Crippen LogP contribution in [0.2, 0.25) is 0 Å². The van der Waals surface area contributed by atoms with Crippen LogP contribution in [0, 0.1) is 41.5 Å². The maximum absolute atomic E-state index is 2.67. The van der Waals surface area contributed by atoms with Crippen LogP contribution in [-0.4, -0.2) is 14.0 Å². The van der Waals surface area contributed by atoms with E-state index >= 15 is 0 Å². The number of anilines is 8. The Bertz CT molecular complexity index is 2490. The Morgan fingerprint density at radius 1 is 0.377 bits per heavy atom. The van der Waals surface area contributed by atoms with Crippen LogP contribution in [0.25, 0.3) is 22.3 Å². The third-order valence-corrected chi connectivity index (χ3v) is 12.7. The van der Waals surface area contributed by atoms with Crippen molar-refractivity contribution in [2.45, 2.75) is 41.5 Å². The van der Waals surface area contributed by atoms with Gasteiger partial charge in [-0.15, -0.1) is 0 Å². The van der Waals surface area contributed by atoms with Crippen molar-refractivity contribution in [3.8, 4) is 22.3 Å². The molecular formula is C46H38B2N4S. The summed E-state index contributed by atoms with van der Waals surface area (Å²) >= 11 is 1.95. The third-order valence-electron chi connectivity index (χ3n) is 11.6. The summed E-state index contributed by atoms with van der Waals surface area (Å²) < 4.78 is 0. The first kappa shape index (κ1) is 30.9. The van der Waals surface area contributed by atoms with Gasteiger partial charge in [-0.25, -0.2) is 0 Å². The van der Waals surface area contributed by atoms with Crippen LogP contribution < -0.4 is 30.2 Å². The second kappa shape index (κ2) is 10.9. The van der Waals surface area contributed by atoms with Crippen molar-refractivity contribution in [3.05, 3.63) is 155 Å². The number of fused-ring (bicyclic) bond motifs is 17. The number of hydrogen-bond donors (Lipinski definition) is 0. The standard InChI is InChI=1S/C46H38B2N4S/c1-27-15-17-41-37(25-27)35-11-7-9-13-39(35)47-49(33-21-29(3)19-30(4)22-33)43-44-46(53-45(43)51(41)47)52-42-18-16-28(2)26-38(42)36-12-8-10-14-40(36)48(52)50(44)34-23-31(5)20-32(6)24-34/h7-26H,1-6H3. The highest BCUT2D eigenvalue weighted by molar-refractivity contribution is 7.25. The van der Waals surface area contributed by atoms with E-state index < -0.39 is 0 Å². The molecule has 0 bridgehead atoms. The summed E-state index contributed by atoms with van der Waals surface area (Å²) in [5.74, 6) is 0. The average Bonchev–Trinajstić information content (AvgIpc) is 3.77. The summed E-state index contributed by atoms with van der Waals surface area (Å²) in [7, 11) is 0. The molecule has 4 nitrogen and oxygen atoms in total. The van der Waals surface area contributed by atoms with Gasteiger partial charge >= 0.3 is 14.0 Å². The molecule has 4 aliphatic rings. The number of nitrogens with zero attached hydrogens (tertiary/aromatic N) is 4. The van der Waals surface area contributed by atoms with Crippen LogP contribution in [0.4, 0.5) is 44.1 Å². The second-order valence-electron chi connectivity index (χ2n) is 15.5. The Labute approximate surface area is 316 Å². The van der Waals surface area contributed by atoms with Crippen molar-refractivity contribution in [1.29, 1.82) is 0 Å². The highest BCUT2D eigenvalue weighted by Crippen LogP contribution is 2.67. The molecule has 0 unspecified atom stereocenters. The molecule has 7 heteroatoms. The van der Waals surface area contributed by atoms with Crippen molar-refractivity contribution in [1.82, 2.24) is 0 Å². The maximum atomic E-state index is 2.67. The highest BCUT2D eigenvalue weighted by atomic mass is 32.1. The molecule has 5 heterocycles. The van der Waals surface area contributed by atoms with E-state index in [0.717, 1.165) is 0 Å². The summed E-state index contributed by atoms with van der Waals surface area (Å²) in [6.07, 6.45) is 0. The Morgan fingerprint density at radius 2 is 0.774 bits per heavy atom. The van der Waals surface area contributed by atoms with E-state index in [0.29, 0.717) is 0 Å². The van der Waals surface area contributed by atoms with Gasteiger partial charge in [-0.2, -0.15) is 0 Å². The summed E-state index contributed by atoms with van der Waals surface area (Å²) in [5, 5.41) is 2.58. The van der Waals surface area contributed by atoms with Crippen LogP contribution in [0.5, 0.6) is 0 Å². The normalized spacial score (nSPS) is 14.4. The lowest BCUT2D eigenvalue weighted by atomic mass is 9.59. The Balaban J connectivity index is 1.27. The minimum absolute atomic E-state index is 0.0323. The van der Waals surface area contributed by atoms with E-state index in [2.05, 4.69) is 182 Å². The molecular weight excluding hydrogens is 662 g/mol. The van der Waals surface area contributed by atoms with E-state index in [1.54, 1.807) is 0 Å². The lowest BCUT2D eigenvalue weighted by Crippen LogP contribution is -2.56. The minimum atomic E-state index is -0.0323. The van der Waals surface area contributed by atoms with Gasteiger partial charge in [0, 0.05) is 33.9 Å². The van der Waals surface area contributed by atoms with Crippen LogP contribution in [0.15, 0.2) is 121 Å². The largest absolute Gasteiger partial charge is 0.422 e. The molecule has 0 atom stereocenters. The predicted molar refractivity (Wildman–Crippen MR) is 229 cm³/mol. The average molecular weight is 701 g/mol. The fourth-order valence-corrected chi connectivity index (χ4v) is 11.1. The quantitative estimate of drug-likeness (QED) is 0.167. The Hall–Kier alpha value is -5.65. The van der Waals surface area contributed by atoms with Crippen LogP contribution >= 0.6 is 11.3 Å². The van der Waals surface area contributed by atoms with Gasteiger partial charge in [0.05, 0.1) is 11.4 Å². The van der Waals surface area contributed by atoms with Crippen LogP contribution in [0.1, 0.15) is 33.4 Å². The first-order valence-corrected chi connectivity index (χ1v) is 19.5. The lowest BCUT2D eigenvalue weighted by molar-refractivity contribution is 1.30. The van der Waals surface area contributed by atoms with E-state index in [-0.39, 0.29) is 14.0 Å². The first-order chi connectivity index (χ1) is 25.7. The maximum Gasteiger partial charge on any atom is 0.422 e. The zero-order valence-electron chi connectivity index (χ0n) is 30.9. The van der Waals surface area contributed by atoms with Crippen molar-refractivity contribution in [3.63, 3.8) is 0 Å². The Kier molecular flexibility index (Phi) is 6.38. The van der Waals surface area contributed by atoms with Gasteiger partial charge in [-0.05, 0) is 134 Å². The fraction of sp³-hybridized carbons (Fsp3) is 0.130. The number of benzene rings is 6. The van der Waals surface area contributed by atoms with Crippen molar-refractivity contribution in [2.24, 2.45) is 0 Å². The predicted octanol–water partition coefficient (Wildman–Crippen LogP) is 10.9. The molecule has 0 aliphatic carbocycles.